The van der Waals surface area contributed by atoms with Crippen molar-refractivity contribution in [3.05, 3.63) is 30.1 Å². The highest BCUT2D eigenvalue weighted by Crippen LogP contribution is 2.39. The fraction of sp³-hybridized carbons (Fsp3) is 0.593. The maximum Gasteiger partial charge on any atom is 0.248 e. The Bertz CT molecular complexity index is 1340. The number of aliphatic hydroxyl groups is 1. The van der Waals surface area contributed by atoms with Gasteiger partial charge >= 0.3 is 0 Å². The number of rotatable bonds is 6. The molecule has 2 atom stereocenters. The maximum atomic E-state index is 12.1. The maximum absolute atomic E-state index is 12.1. The molecule has 1 aliphatic carbocycles. The van der Waals surface area contributed by atoms with Gasteiger partial charge in [-0.05, 0) is 0 Å². The standard InChI is InChI=1S/C27H36N8O4/c1-4-20-28-18-7-5-6-8-19(18)35(20)26-30-23-22(24(31-26)34-13-15-39-16-14-34)29-25(32(23)2)27(38-3)9-11-33(12-10-27)21(37)17-36/h5-8,18-19,36H,4,9-17H2,1-3H3. The van der Waals surface area contributed by atoms with Gasteiger partial charge in [-0.25, -0.2) is 4.98 Å². The van der Waals surface area contributed by atoms with Crippen LogP contribution in [0.4, 0.5) is 11.8 Å². The third-order valence-corrected chi connectivity index (χ3v) is 8.34. The largest absolute Gasteiger partial charge is 0.387 e. The number of aliphatic imine (C=N–C) groups is 1. The van der Waals surface area contributed by atoms with Crippen LogP contribution in [0, 0.1) is 0 Å². The van der Waals surface area contributed by atoms with E-state index in [9.17, 15) is 9.90 Å². The molecule has 1 N–H and O–H groups in total. The number of amides is 1. The Morgan fingerprint density at radius 2 is 1.87 bits per heavy atom. The normalized spacial score (nSPS) is 24.4. The summed E-state index contributed by atoms with van der Waals surface area (Å²) in [6.45, 7) is 5.27. The Morgan fingerprint density at radius 1 is 1.13 bits per heavy atom. The number of methoxy groups -OCH3 is 1. The number of likely N-dealkylation sites (tertiary alicyclic amines) is 1. The predicted molar refractivity (Wildman–Crippen MR) is 147 cm³/mol. The molecule has 0 aromatic carbocycles. The van der Waals surface area contributed by atoms with E-state index in [2.05, 4.69) is 35.0 Å². The number of anilines is 2. The lowest BCUT2D eigenvalue weighted by atomic mass is 9.90. The van der Waals surface area contributed by atoms with E-state index in [1.807, 2.05) is 17.7 Å². The second-order valence-corrected chi connectivity index (χ2v) is 10.4. The van der Waals surface area contributed by atoms with E-state index in [1.165, 1.54) is 0 Å². The molecule has 5 heterocycles. The zero-order chi connectivity index (χ0) is 27.1. The van der Waals surface area contributed by atoms with Gasteiger partial charge in [0.2, 0.25) is 11.9 Å². The first-order valence-corrected chi connectivity index (χ1v) is 13.7. The SMILES string of the molecule is CCC1=NC2C=CC=CC2N1c1nc(N2CCOCC2)c2nc(C3(OC)CCN(C(=O)CO)CC3)n(C)c2n1. The average Bonchev–Trinajstić information content (AvgIpc) is 3.54. The number of allylic oxidation sites excluding steroid dienone is 2. The van der Waals surface area contributed by atoms with Gasteiger partial charge in [0.25, 0.3) is 0 Å². The van der Waals surface area contributed by atoms with Crippen molar-refractivity contribution in [1.29, 1.82) is 0 Å². The van der Waals surface area contributed by atoms with Gasteiger partial charge in [-0.2, -0.15) is 9.97 Å². The van der Waals surface area contributed by atoms with Gasteiger partial charge in [0.15, 0.2) is 17.0 Å². The first-order valence-electron chi connectivity index (χ1n) is 13.7. The summed E-state index contributed by atoms with van der Waals surface area (Å²) in [5, 5.41) is 9.32. The van der Waals surface area contributed by atoms with Crippen LogP contribution in [0.1, 0.15) is 32.0 Å². The quantitative estimate of drug-likeness (QED) is 0.579. The van der Waals surface area contributed by atoms with Crippen LogP contribution in [0.5, 0.6) is 0 Å². The van der Waals surface area contributed by atoms with Crippen LogP contribution in [-0.4, -0.2) is 106 Å². The lowest BCUT2D eigenvalue weighted by Crippen LogP contribution is -2.47. The van der Waals surface area contributed by atoms with E-state index in [1.54, 1.807) is 12.0 Å². The monoisotopic (exact) mass is 536 g/mol. The number of aliphatic hydroxyl groups excluding tert-OH is 1. The fourth-order valence-electron chi connectivity index (χ4n) is 6.14. The van der Waals surface area contributed by atoms with Crippen LogP contribution in [0.15, 0.2) is 29.3 Å². The summed E-state index contributed by atoms with van der Waals surface area (Å²) in [6, 6.07) is 0.0769. The number of aryl methyl sites for hydroxylation is 1. The van der Waals surface area contributed by atoms with E-state index < -0.39 is 12.2 Å². The van der Waals surface area contributed by atoms with Gasteiger partial charge < -0.3 is 28.9 Å². The molecule has 208 valence electrons. The minimum Gasteiger partial charge on any atom is -0.387 e. The molecule has 39 heavy (non-hydrogen) atoms. The Morgan fingerprint density at radius 3 is 2.56 bits per heavy atom. The highest BCUT2D eigenvalue weighted by molar-refractivity contribution is 6.00. The van der Waals surface area contributed by atoms with E-state index in [0.717, 1.165) is 35.1 Å². The van der Waals surface area contributed by atoms with E-state index >= 15 is 0 Å². The van der Waals surface area contributed by atoms with Crippen molar-refractivity contribution >= 4 is 34.7 Å². The van der Waals surface area contributed by atoms with Crippen molar-refractivity contribution in [2.75, 3.05) is 62.9 Å². The van der Waals surface area contributed by atoms with Crippen LogP contribution in [0.25, 0.3) is 11.2 Å². The number of nitrogens with zero attached hydrogens (tertiary/aromatic N) is 8. The van der Waals surface area contributed by atoms with Gasteiger partial charge in [-0.3, -0.25) is 14.7 Å². The zero-order valence-electron chi connectivity index (χ0n) is 22.8. The number of aromatic nitrogens is 4. The summed E-state index contributed by atoms with van der Waals surface area (Å²) in [4.78, 5) is 38.5. The molecule has 0 radical (unpaired) electrons. The minimum atomic E-state index is -0.685. The van der Waals surface area contributed by atoms with Gasteiger partial charge in [0.1, 0.15) is 23.9 Å². The van der Waals surface area contributed by atoms with Crippen molar-refractivity contribution in [2.45, 2.75) is 43.9 Å². The molecule has 2 aromatic rings. The number of hydrogen-bond donors (Lipinski definition) is 1. The highest BCUT2D eigenvalue weighted by atomic mass is 16.5. The highest BCUT2D eigenvalue weighted by Gasteiger charge is 2.43. The number of fused-ring (bicyclic) bond motifs is 2. The number of amidine groups is 1. The lowest BCUT2D eigenvalue weighted by Gasteiger charge is -2.40. The summed E-state index contributed by atoms with van der Waals surface area (Å²) in [5.41, 5.74) is 0.778. The second kappa shape index (κ2) is 10.3. The third-order valence-electron chi connectivity index (χ3n) is 8.34. The van der Waals surface area contributed by atoms with Crippen molar-refractivity contribution < 1.29 is 19.4 Å². The Labute approximate surface area is 227 Å². The van der Waals surface area contributed by atoms with Crippen molar-refractivity contribution in [3.8, 4) is 0 Å². The molecule has 0 spiro atoms. The van der Waals surface area contributed by atoms with E-state index in [0.29, 0.717) is 58.2 Å². The summed E-state index contributed by atoms with van der Waals surface area (Å²) < 4.78 is 13.8. The van der Waals surface area contributed by atoms with Gasteiger partial charge in [0.05, 0.1) is 25.3 Å². The van der Waals surface area contributed by atoms with Crippen molar-refractivity contribution in [2.24, 2.45) is 12.0 Å². The molecule has 4 aliphatic rings. The third kappa shape index (κ3) is 4.30. The molecule has 2 unspecified atom stereocenters. The average molecular weight is 537 g/mol. The van der Waals surface area contributed by atoms with E-state index in [4.69, 9.17) is 29.4 Å². The molecular formula is C27H36N8O4. The zero-order valence-corrected chi connectivity index (χ0v) is 22.8. The first kappa shape index (κ1) is 25.9. The van der Waals surface area contributed by atoms with Crippen LogP contribution < -0.4 is 9.80 Å². The number of imidazole rings is 1. The van der Waals surface area contributed by atoms with Crippen molar-refractivity contribution in [1.82, 2.24) is 24.4 Å². The molecule has 2 aromatic heterocycles. The Kier molecular flexibility index (Phi) is 6.86. The van der Waals surface area contributed by atoms with Gasteiger partial charge in [-0.15, -0.1) is 0 Å². The number of morpholine rings is 1. The number of piperidine rings is 1. The van der Waals surface area contributed by atoms with Crippen molar-refractivity contribution in [3.63, 3.8) is 0 Å². The van der Waals surface area contributed by atoms with Crippen LogP contribution in [0.3, 0.4) is 0 Å². The molecule has 2 fully saturated rings. The fourth-order valence-corrected chi connectivity index (χ4v) is 6.14. The second-order valence-electron chi connectivity index (χ2n) is 10.4. The molecule has 0 bridgehead atoms. The Hall–Kier alpha value is -3.35. The molecule has 12 nitrogen and oxygen atoms in total. The van der Waals surface area contributed by atoms with Gasteiger partial charge in [0, 0.05) is 59.6 Å². The van der Waals surface area contributed by atoms with E-state index in [-0.39, 0.29) is 18.0 Å². The minimum absolute atomic E-state index is 0.0337. The first-order chi connectivity index (χ1) is 19.0. The topological polar surface area (TPSA) is 121 Å². The number of carbonyl (C=O) groups is 1. The van der Waals surface area contributed by atoms with Gasteiger partial charge in [-0.1, -0.05) is 31.2 Å². The molecule has 2 saturated heterocycles. The summed E-state index contributed by atoms with van der Waals surface area (Å²) in [6.07, 6.45) is 10.3. The summed E-state index contributed by atoms with van der Waals surface area (Å²) in [7, 11) is 3.67. The molecule has 6 rings (SSSR count). The molecular weight excluding hydrogens is 500 g/mol. The smallest absolute Gasteiger partial charge is 0.248 e. The molecule has 0 saturated carbocycles. The predicted octanol–water partition coefficient (Wildman–Crippen LogP) is 1.15. The van der Waals surface area contributed by atoms with Crippen LogP contribution in [0.2, 0.25) is 0 Å². The number of carbonyl (C=O) groups excluding carboxylic acids is 1. The molecule has 1 amide bonds. The summed E-state index contributed by atoms with van der Waals surface area (Å²) >= 11 is 0. The number of hydrogen-bond acceptors (Lipinski definition) is 10. The van der Waals surface area contributed by atoms with Crippen LogP contribution >= 0.6 is 0 Å². The Balaban J connectivity index is 1.46. The molecule has 3 aliphatic heterocycles. The lowest BCUT2D eigenvalue weighted by molar-refractivity contribution is -0.140. The van der Waals surface area contributed by atoms with Crippen LogP contribution in [-0.2, 0) is 26.9 Å². The molecule has 12 heteroatoms. The number of ether oxygens (including phenoxy) is 2. The summed E-state index contributed by atoms with van der Waals surface area (Å²) in [5.74, 6) is 2.86.